The highest BCUT2D eigenvalue weighted by Crippen LogP contribution is 2.22. The summed E-state index contributed by atoms with van der Waals surface area (Å²) in [5.41, 5.74) is 1.62. The Kier molecular flexibility index (Phi) is 2.79. The van der Waals surface area contributed by atoms with Crippen LogP contribution in [-0.2, 0) is 0 Å². The largest absolute Gasteiger partial charge is 0.292 e. The number of hydrogen-bond acceptors (Lipinski definition) is 4. The van der Waals surface area contributed by atoms with E-state index in [1.807, 2.05) is 11.4 Å². The third kappa shape index (κ3) is 2.22. The number of Topliss-reactive ketones (excluding diaryl/α,β-unsaturated/α-hetero) is 1. The highest BCUT2D eigenvalue weighted by atomic mass is 35.5. The lowest BCUT2D eigenvalue weighted by Gasteiger charge is -1.94. The van der Waals surface area contributed by atoms with Crippen LogP contribution in [0, 0.1) is 0 Å². The van der Waals surface area contributed by atoms with Crippen LogP contribution in [0.15, 0.2) is 23.7 Å². The summed E-state index contributed by atoms with van der Waals surface area (Å²) in [6.45, 7) is 1.50. The summed E-state index contributed by atoms with van der Waals surface area (Å²) >= 11 is 7.01. The van der Waals surface area contributed by atoms with Gasteiger partial charge in [0.05, 0.1) is 5.69 Å². The Bertz CT molecular complexity index is 492. The summed E-state index contributed by atoms with van der Waals surface area (Å²) in [5, 5.41) is 2.79. The first-order chi connectivity index (χ1) is 7.16. The molecule has 0 saturated heterocycles. The van der Waals surface area contributed by atoms with E-state index >= 15 is 0 Å². The SMILES string of the molecule is CC(=O)c1nc(-c2ccc(Cl)nc2)cs1. The zero-order chi connectivity index (χ0) is 10.8. The second kappa shape index (κ2) is 4.08. The molecule has 0 amide bonds. The molecule has 0 bridgehead atoms. The van der Waals surface area contributed by atoms with E-state index in [4.69, 9.17) is 11.6 Å². The minimum Gasteiger partial charge on any atom is -0.292 e. The van der Waals surface area contributed by atoms with Crippen LogP contribution in [-0.4, -0.2) is 15.8 Å². The summed E-state index contributed by atoms with van der Waals surface area (Å²) < 4.78 is 0. The molecular weight excluding hydrogens is 232 g/mol. The van der Waals surface area contributed by atoms with Crippen molar-refractivity contribution >= 4 is 28.7 Å². The number of thiazole rings is 1. The highest BCUT2D eigenvalue weighted by Gasteiger charge is 2.07. The molecule has 2 aromatic heterocycles. The fraction of sp³-hybridized carbons (Fsp3) is 0.100. The number of rotatable bonds is 2. The average Bonchev–Trinajstić information content (AvgIpc) is 2.68. The summed E-state index contributed by atoms with van der Waals surface area (Å²) in [6.07, 6.45) is 1.64. The second-order valence-electron chi connectivity index (χ2n) is 2.96. The number of halogens is 1. The van der Waals surface area contributed by atoms with E-state index < -0.39 is 0 Å². The maximum Gasteiger partial charge on any atom is 0.188 e. The number of nitrogens with zero attached hydrogens (tertiary/aromatic N) is 2. The Balaban J connectivity index is 2.37. The van der Waals surface area contributed by atoms with Gasteiger partial charge in [-0.2, -0.15) is 0 Å². The van der Waals surface area contributed by atoms with Crippen LogP contribution in [0.1, 0.15) is 16.7 Å². The van der Waals surface area contributed by atoms with Gasteiger partial charge in [-0.05, 0) is 12.1 Å². The van der Waals surface area contributed by atoms with E-state index in [0.29, 0.717) is 10.2 Å². The monoisotopic (exact) mass is 238 g/mol. The second-order valence-corrected chi connectivity index (χ2v) is 4.21. The summed E-state index contributed by atoms with van der Waals surface area (Å²) in [4.78, 5) is 19.2. The number of hydrogen-bond donors (Lipinski definition) is 0. The summed E-state index contributed by atoms with van der Waals surface area (Å²) in [5.74, 6) is -0.0202. The van der Waals surface area contributed by atoms with Crippen molar-refractivity contribution in [1.29, 1.82) is 0 Å². The van der Waals surface area contributed by atoms with Crippen molar-refractivity contribution in [1.82, 2.24) is 9.97 Å². The Morgan fingerprint density at radius 2 is 2.27 bits per heavy atom. The van der Waals surface area contributed by atoms with Gasteiger partial charge in [0.2, 0.25) is 0 Å². The van der Waals surface area contributed by atoms with Crippen LogP contribution < -0.4 is 0 Å². The van der Waals surface area contributed by atoms with E-state index in [2.05, 4.69) is 9.97 Å². The Hall–Kier alpha value is -1.26. The molecule has 0 aliphatic rings. The number of aromatic nitrogens is 2. The number of carbonyl (C=O) groups is 1. The Morgan fingerprint density at radius 1 is 1.47 bits per heavy atom. The molecule has 76 valence electrons. The van der Waals surface area contributed by atoms with Crippen molar-refractivity contribution in [2.24, 2.45) is 0 Å². The highest BCUT2D eigenvalue weighted by molar-refractivity contribution is 7.12. The zero-order valence-electron chi connectivity index (χ0n) is 7.90. The molecular formula is C10H7ClN2OS. The molecule has 0 saturated carbocycles. The molecule has 2 heterocycles. The van der Waals surface area contributed by atoms with Gasteiger partial charge >= 0.3 is 0 Å². The fourth-order valence-electron chi connectivity index (χ4n) is 1.10. The van der Waals surface area contributed by atoms with E-state index in [0.717, 1.165) is 11.3 Å². The van der Waals surface area contributed by atoms with Gasteiger partial charge in [0.15, 0.2) is 10.8 Å². The molecule has 0 spiro atoms. The van der Waals surface area contributed by atoms with Gasteiger partial charge < -0.3 is 0 Å². The van der Waals surface area contributed by atoms with E-state index in [9.17, 15) is 4.79 Å². The molecule has 2 aromatic rings. The molecule has 3 nitrogen and oxygen atoms in total. The van der Waals surface area contributed by atoms with Crippen molar-refractivity contribution in [3.05, 3.63) is 33.9 Å². The van der Waals surface area contributed by atoms with Crippen molar-refractivity contribution in [3.8, 4) is 11.3 Å². The minimum absolute atomic E-state index is 0.0202. The van der Waals surface area contributed by atoms with Crippen molar-refractivity contribution < 1.29 is 4.79 Å². The number of ketones is 1. The van der Waals surface area contributed by atoms with Crippen LogP contribution >= 0.6 is 22.9 Å². The van der Waals surface area contributed by atoms with E-state index in [1.54, 1.807) is 12.3 Å². The topological polar surface area (TPSA) is 42.9 Å². The molecule has 0 unspecified atom stereocenters. The van der Waals surface area contributed by atoms with Crippen molar-refractivity contribution in [2.45, 2.75) is 6.92 Å². The standard InChI is InChI=1S/C10H7ClN2OS/c1-6(14)10-13-8(5-15-10)7-2-3-9(11)12-4-7/h2-5H,1H3. The van der Waals surface area contributed by atoms with Gasteiger partial charge in [0.1, 0.15) is 5.15 Å². The molecule has 0 N–H and O–H groups in total. The summed E-state index contributed by atoms with van der Waals surface area (Å²) in [6, 6.07) is 3.53. The lowest BCUT2D eigenvalue weighted by atomic mass is 10.2. The smallest absolute Gasteiger partial charge is 0.188 e. The van der Waals surface area contributed by atoms with Crippen LogP contribution in [0.3, 0.4) is 0 Å². The predicted molar refractivity (Wildman–Crippen MR) is 60.4 cm³/mol. The molecule has 5 heteroatoms. The van der Waals surface area contributed by atoms with Gasteiger partial charge in [-0.3, -0.25) is 4.79 Å². The van der Waals surface area contributed by atoms with Crippen LogP contribution in [0.4, 0.5) is 0 Å². The van der Waals surface area contributed by atoms with E-state index in [-0.39, 0.29) is 5.78 Å². The lowest BCUT2D eigenvalue weighted by Crippen LogP contribution is -1.90. The molecule has 0 aliphatic heterocycles. The maximum absolute atomic E-state index is 11.1. The number of pyridine rings is 1. The quantitative estimate of drug-likeness (QED) is 0.597. The minimum atomic E-state index is -0.0202. The normalized spacial score (nSPS) is 10.3. The van der Waals surface area contributed by atoms with Gasteiger partial charge in [-0.1, -0.05) is 11.6 Å². The molecule has 2 rings (SSSR count). The maximum atomic E-state index is 11.1. The molecule has 0 aromatic carbocycles. The van der Waals surface area contributed by atoms with Crippen molar-refractivity contribution in [2.75, 3.05) is 0 Å². The molecule has 15 heavy (non-hydrogen) atoms. The molecule has 0 fully saturated rings. The zero-order valence-corrected chi connectivity index (χ0v) is 9.47. The van der Waals surface area contributed by atoms with Gasteiger partial charge in [0.25, 0.3) is 0 Å². The Morgan fingerprint density at radius 3 is 2.80 bits per heavy atom. The van der Waals surface area contributed by atoms with Gasteiger partial charge in [0, 0.05) is 24.1 Å². The lowest BCUT2D eigenvalue weighted by molar-refractivity contribution is 0.101. The van der Waals surface area contributed by atoms with Crippen molar-refractivity contribution in [3.63, 3.8) is 0 Å². The number of carbonyl (C=O) groups excluding carboxylic acids is 1. The first-order valence-electron chi connectivity index (χ1n) is 4.25. The fourth-order valence-corrected chi connectivity index (χ4v) is 1.94. The van der Waals surface area contributed by atoms with Gasteiger partial charge in [-0.15, -0.1) is 11.3 Å². The van der Waals surface area contributed by atoms with Crippen LogP contribution in [0.5, 0.6) is 0 Å². The van der Waals surface area contributed by atoms with Crippen LogP contribution in [0.2, 0.25) is 5.15 Å². The molecule has 0 radical (unpaired) electrons. The third-order valence-corrected chi connectivity index (χ3v) is 3.00. The van der Waals surface area contributed by atoms with Gasteiger partial charge in [-0.25, -0.2) is 9.97 Å². The average molecular weight is 239 g/mol. The first kappa shape index (κ1) is 10.3. The third-order valence-electron chi connectivity index (χ3n) is 1.83. The summed E-state index contributed by atoms with van der Waals surface area (Å²) in [7, 11) is 0. The molecule has 0 aliphatic carbocycles. The Labute approximate surface area is 95.8 Å². The van der Waals surface area contributed by atoms with E-state index in [1.165, 1.54) is 18.3 Å². The van der Waals surface area contributed by atoms with Crippen LogP contribution in [0.25, 0.3) is 11.3 Å². The predicted octanol–water partition coefficient (Wildman–Crippen LogP) is 3.06. The first-order valence-corrected chi connectivity index (χ1v) is 5.51. The molecule has 0 atom stereocenters.